The van der Waals surface area contributed by atoms with Crippen LogP contribution >= 0.6 is 11.6 Å². The summed E-state index contributed by atoms with van der Waals surface area (Å²) in [7, 11) is -3.55. The highest BCUT2D eigenvalue weighted by Gasteiger charge is 2.49. The number of hydroxylamine groups is 1. The van der Waals surface area contributed by atoms with E-state index in [1.807, 2.05) is 37.3 Å². The first-order valence-corrected chi connectivity index (χ1v) is 15.9. The number of benzene rings is 2. The van der Waals surface area contributed by atoms with Crippen LogP contribution in [0.2, 0.25) is 5.02 Å². The van der Waals surface area contributed by atoms with Gasteiger partial charge in [-0.2, -0.15) is 0 Å². The summed E-state index contributed by atoms with van der Waals surface area (Å²) >= 11 is 6.23. The molecule has 1 aromatic heterocycles. The van der Waals surface area contributed by atoms with Gasteiger partial charge in [-0.05, 0) is 61.2 Å². The van der Waals surface area contributed by atoms with Gasteiger partial charge in [0.25, 0.3) is 11.8 Å². The van der Waals surface area contributed by atoms with Crippen molar-refractivity contribution in [1.29, 1.82) is 0 Å². The third kappa shape index (κ3) is 6.62. The van der Waals surface area contributed by atoms with Crippen LogP contribution in [-0.2, 0) is 26.3 Å². The summed E-state index contributed by atoms with van der Waals surface area (Å²) in [4.78, 5) is 39.9. The molecule has 2 aliphatic rings. The van der Waals surface area contributed by atoms with Crippen molar-refractivity contribution in [2.75, 3.05) is 6.26 Å². The number of halogens is 1. The van der Waals surface area contributed by atoms with Gasteiger partial charge in [0, 0.05) is 28.9 Å². The number of pyridine rings is 1. The number of hydrogen-bond donors (Lipinski definition) is 2. The smallest absolute Gasteiger partial charge is 0.255 e. The van der Waals surface area contributed by atoms with Crippen LogP contribution < -0.4 is 10.2 Å². The second-order valence-electron chi connectivity index (χ2n) is 10.7. The normalized spacial score (nSPS) is 22.7. The van der Waals surface area contributed by atoms with Crippen LogP contribution in [0.15, 0.2) is 66.9 Å². The van der Waals surface area contributed by atoms with E-state index in [1.54, 1.807) is 41.4 Å². The summed E-state index contributed by atoms with van der Waals surface area (Å²) in [5.41, 5.74) is 5.87. The fourth-order valence-electron chi connectivity index (χ4n) is 5.97. The molecule has 0 spiro atoms. The molecule has 5 rings (SSSR count). The highest BCUT2D eigenvalue weighted by atomic mass is 35.5. The minimum absolute atomic E-state index is 0.0667. The number of aromatic nitrogens is 1. The summed E-state index contributed by atoms with van der Waals surface area (Å²) in [6.45, 7) is 1.98. The number of rotatable bonds is 8. The number of nitrogens with zero attached hydrogens (tertiary/aromatic N) is 2. The lowest BCUT2D eigenvalue weighted by Gasteiger charge is -2.49. The molecule has 216 valence electrons. The third-order valence-electron chi connectivity index (χ3n) is 7.69. The van der Waals surface area contributed by atoms with E-state index >= 15 is 0 Å². The molecule has 2 aromatic carbocycles. The van der Waals surface area contributed by atoms with Crippen molar-refractivity contribution in [3.8, 4) is 0 Å². The van der Waals surface area contributed by atoms with Crippen molar-refractivity contribution in [1.82, 2.24) is 20.1 Å². The Kier molecular flexibility index (Phi) is 8.74. The van der Waals surface area contributed by atoms with Gasteiger partial charge in [0.15, 0.2) is 0 Å². The van der Waals surface area contributed by atoms with Crippen molar-refractivity contribution in [2.24, 2.45) is 0 Å². The number of amides is 2. The van der Waals surface area contributed by atoms with Crippen molar-refractivity contribution < 1.29 is 22.8 Å². The minimum Gasteiger partial charge on any atom is -0.326 e. The SMILES string of the molecule is Cc1ccc2c(c1)[C@@H](C(=O)NOCc1ccccn1)[C@H](c1ccc(Cl)cc1)N([C@H]1CCCC[C@@H]1NS(C)(=O)=O)C2=O. The summed E-state index contributed by atoms with van der Waals surface area (Å²) < 4.78 is 27.4. The van der Waals surface area contributed by atoms with Crippen LogP contribution in [0, 0.1) is 6.92 Å². The molecule has 1 aliphatic carbocycles. The fourth-order valence-corrected chi connectivity index (χ4v) is 6.92. The average molecular weight is 597 g/mol. The molecule has 1 saturated carbocycles. The van der Waals surface area contributed by atoms with Gasteiger partial charge in [-0.25, -0.2) is 18.6 Å². The molecular formula is C30H33ClN4O5S. The molecule has 1 fully saturated rings. The quantitative estimate of drug-likeness (QED) is 0.372. The van der Waals surface area contributed by atoms with Crippen LogP contribution in [0.5, 0.6) is 0 Å². The molecule has 3 aromatic rings. The molecule has 0 radical (unpaired) electrons. The standard InChI is InChI=1S/C30H33ClN4O5S/c1-19-10-15-23-24(17-19)27(29(36)33-40-18-22-7-5-6-16-32-22)28(20-11-13-21(31)14-12-20)35(30(23)37)26-9-4-3-8-25(26)34-41(2,38)39/h5-7,10-17,25-28,34H,3-4,8-9,18H2,1-2H3,(H,33,36)/t25-,26-,27+,28-/m0/s1. The average Bonchev–Trinajstić information content (AvgIpc) is 2.93. The summed E-state index contributed by atoms with van der Waals surface area (Å²) in [5.74, 6) is -1.51. The highest BCUT2D eigenvalue weighted by molar-refractivity contribution is 7.88. The van der Waals surface area contributed by atoms with Crippen molar-refractivity contribution >= 4 is 33.4 Å². The Labute approximate surface area is 245 Å². The number of sulfonamides is 1. The summed E-state index contributed by atoms with van der Waals surface area (Å²) in [6, 6.07) is 16.3. The number of carbonyl (C=O) groups is 2. The Hall–Kier alpha value is -3.31. The van der Waals surface area contributed by atoms with E-state index in [1.165, 1.54) is 0 Å². The summed E-state index contributed by atoms with van der Waals surface area (Å²) in [6.07, 6.45) is 5.60. The Morgan fingerprint density at radius 3 is 2.56 bits per heavy atom. The van der Waals surface area contributed by atoms with Gasteiger partial charge in [-0.3, -0.25) is 19.4 Å². The lowest BCUT2D eigenvalue weighted by atomic mass is 9.76. The number of aryl methyl sites for hydroxylation is 1. The topological polar surface area (TPSA) is 118 Å². The molecular weight excluding hydrogens is 564 g/mol. The number of fused-ring (bicyclic) bond motifs is 1. The van der Waals surface area contributed by atoms with Crippen molar-refractivity contribution in [3.63, 3.8) is 0 Å². The minimum atomic E-state index is -3.55. The van der Waals surface area contributed by atoms with E-state index in [0.29, 0.717) is 40.2 Å². The molecule has 2 N–H and O–H groups in total. The largest absolute Gasteiger partial charge is 0.326 e. The van der Waals surface area contributed by atoms with E-state index < -0.39 is 40.0 Å². The van der Waals surface area contributed by atoms with Gasteiger partial charge in [0.05, 0.1) is 23.9 Å². The molecule has 0 saturated heterocycles. The maximum absolute atomic E-state index is 14.3. The predicted octanol–water partition coefficient (Wildman–Crippen LogP) is 4.43. The van der Waals surface area contributed by atoms with Gasteiger partial charge in [0.1, 0.15) is 6.61 Å². The van der Waals surface area contributed by atoms with E-state index in [0.717, 1.165) is 24.7 Å². The number of nitrogens with one attached hydrogen (secondary N) is 2. The maximum atomic E-state index is 14.3. The van der Waals surface area contributed by atoms with Gasteiger partial charge in [-0.15, -0.1) is 0 Å². The van der Waals surface area contributed by atoms with Crippen LogP contribution in [0.25, 0.3) is 0 Å². The monoisotopic (exact) mass is 596 g/mol. The zero-order valence-electron chi connectivity index (χ0n) is 22.9. The van der Waals surface area contributed by atoms with Gasteiger partial charge >= 0.3 is 0 Å². The van der Waals surface area contributed by atoms with Gasteiger partial charge in [-0.1, -0.05) is 60.3 Å². The van der Waals surface area contributed by atoms with Crippen LogP contribution in [0.3, 0.4) is 0 Å². The van der Waals surface area contributed by atoms with Gasteiger partial charge < -0.3 is 4.90 Å². The van der Waals surface area contributed by atoms with Crippen molar-refractivity contribution in [2.45, 2.75) is 63.3 Å². The molecule has 9 nitrogen and oxygen atoms in total. The van der Waals surface area contributed by atoms with Crippen molar-refractivity contribution in [3.05, 3.63) is 99.8 Å². The first-order chi connectivity index (χ1) is 19.6. The second kappa shape index (κ2) is 12.3. The van der Waals surface area contributed by atoms with Crippen LogP contribution in [-0.4, -0.2) is 48.5 Å². The van der Waals surface area contributed by atoms with Crippen LogP contribution in [0.1, 0.15) is 70.4 Å². The maximum Gasteiger partial charge on any atom is 0.255 e. The molecule has 11 heteroatoms. The molecule has 4 atom stereocenters. The van der Waals surface area contributed by atoms with E-state index in [-0.39, 0.29) is 12.5 Å². The van der Waals surface area contributed by atoms with E-state index in [2.05, 4.69) is 15.2 Å². The lowest BCUT2D eigenvalue weighted by Crippen LogP contribution is -2.59. The Bertz CT molecular complexity index is 1520. The predicted molar refractivity (Wildman–Crippen MR) is 155 cm³/mol. The third-order valence-corrected chi connectivity index (χ3v) is 8.67. The second-order valence-corrected chi connectivity index (χ2v) is 12.9. The van der Waals surface area contributed by atoms with Gasteiger partial charge in [0.2, 0.25) is 10.0 Å². The molecule has 41 heavy (non-hydrogen) atoms. The summed E-state index contributed by atoms with van der Waals surface area (Å²) in [5, 5.41) is 0.521. The van der Waals surface area contributed by atoms with E-state index in [9.17, 15) is 18.0 Å². The molecule has 1 aliphatic heterocycles. The van der Waals surface area contributed by atoms with E-state index in [4.69, 9.17) is 16.4 Å². The highest BCUT2D eigenvalue weighted by Crippen LogP contribution is 2.46. The molecule has 2 amide bonds. The molecule has 0 unspecified atom stereocenters. The first kappa shape index (κ1) is 29.2. The molecule has 0 bridgehead atoms. The lowest BCUT2D eigenvalue weighted by molar-refractivity contribution is -0.138. The first-order valence-electron chi connectivity index (χ1n) is 13.6. The fraction of sp³-hybridized carbons (Fsp3) is 0.367. The number of hydrogen-bond acceptors (Lipinski definition) is 6. The Balaban J connectivity index is 1.59. The molecule has 2 heterocycles. The number of carbonyl (C=O) groups excluding carboxylic acids is 2. The zero-order valence-corrected chi connectivity index (χ0v) is 24.5. The zero-order chi connectivity index (χ0) is 29.1. The Morgan fingerprint density at radius 2 is 1.85 bits per heavy atom. The Morgan fingerprint density at radius 1 is 1.10 bits per heavy atom. The van der Waals surface area contributed by atoms with Crippen LogP contribution in [0.4, 0.5) is 0 Å².